The van der Waals surface area contributed by atoms with Crippen molar-refractivity contribution in [3.8, 4) is 0 Å². The smallest absolute Gasteiger partial charge is 0.335 e. The molecule has 0 radical (unpaired) electrons. The van der Waals surface area contributed by atoms with E-state index >= 15 is 0 Å². The number of esters is 1. The van der Waals surface area contributed by atoms with Crippen molar-refractivity contribution in [2.24, 2.45) is 50.2 Å². The van der Waals surface area contributed by atoms with Crippen LogP contribution in [0.4, 0.5) is 0 Å². The molecule has 8 rings (SSSR count). The first-order valence-corrected chi connectivity index (χ1v) is 23.8. The lowest BCUT2D eigenvalue weighted by Gasteiger charge is -2.71. The summed E-state index contributed by atoms with van der Waals surface area (Å²) >= 11 is 0. The number of hydrogen-bond donors (Lipinski definition) is 11. The van der Waals surface area contributed by atoms with Gasteiger partial charge >= 0.3 is 11.9 Å². The van der Waals surface area contributed by atoms with Crippen LogP contribution in [0.3, 0.4) is 0 Å². The van der Waals surface area contributed by atoms with Crippen molar-refractivity contribution in [3.05, 3.63) is 11.6 Å². The highest BCUT2D eigenvalue weighted by molar-refractivity contribution is 5.80. The van der Waals surface area contributed by atoms with Gasteiger partial charge in [0.25, 0.3) is 0 Å². The molecule has 4 saturated carbocycles. The highest BCUT2D eigenvalue weighted by atomic mass is 16.8. The number of carbonyl (C=O) groups excluding carboxylic acids is 1. The average Bonchev–Trinajstić information content (AvgIpc) is 3.24. The number of carbonyl (C=O) groups is 2. The largest absolute Gasteiger partial charge is 0.479 e. The van der Waals surface area contributed by atoms with E-state index in [0.29, 0.717) is 38.5 Å². The van der Waals surface area contributed by atoms with E-state index in [4.69, 9.17) is 28.4 Å². The second-order valence-corrected chi connectivity index (χ2v) is 23.2. The number of fused-ring (bicyclic) bond motifs is 7. The number of carboxylic acids is 1. The molecule has 376 valence electrons. The second kappa shape index (κ2) is 17.4. The minimum Gasteiger partial charge on any atom is -0.479 e. The van der Waals surface area contributed by atoms with Crippen molar-refractivity contribution in [1.29, 1.82) is 0 Å². The molecule has 11 N–H and O–H groups in total. The Bertz CT molecular complexity index is 1860. The number of rotatable bonds is 8. The van der Waals surface area contributed by atoms with Crippen LogP contribution in [0.5, 0.6) is 0 Å². The quantitative estimate of drug-likeness (QED) is 0.0856. The van der Waals surface area contributed by atoms with Crippen molar-refractivity contribution < 1.29 is 94.2 Å². The van der Waals surface area contributed by atoms with Gasteiger partial charge in [0.2, 0.25) is 6.29 Å². The van der Waals surface area contributed by atoms with E-state index in [0.717, 1.165) is 18.4 Å². The van der Waals surface area contributed by atoms with Gasteiger partial charge in [0.05, 0.1) is 25.4 Å². The molecule has 8 aliphatic rings. The fourth-order valence-corrected chi connectivity index (χ4v) is 14.8. The maximum absolute atomic E-state index is 14.6. The summed E-state index contributed by atoms with van der Waals surface area (Å²) in [7, 11) is 0. The number of aliphatic hydroxyl groups excluding tert-OH is 10. The predicted octanol–water partition coefficient (Wildman–Crippen LogP) is -0.157. The van der Waals surface area contributed by atoms with Crippen molar-refractivity contribution in [2.75, 3.05) is 13.2 Å². The minimum atomic E-state index is -1.99. The summed E-state index contributed by atoms with van der Waals surface area (Å²) in [6, 6.07) is 0. The van der Waals surface area contributed by atoms with Gasteiger partial charge in [-0.1, -0.05) is 60.1 Å². The van der Waals surface area contributed by atoms with Gasteiger partial charge in [0, 0.05) is 0 Å². The summed E-state index contributed by atoms with van der Waals surface area (Å²) in [6.07, 6.45) is -17.8. The van der Waals surface area contributed by atoms with Gasteiger partial charge in [-0.05, 0) is 103 Å². The van der Waals surface area contributed by atoms with Crippen LogP contribution in [0, 0.1) is 50.2 Å². The van der Waals surface area contributed by atoms with E-state index in [2.05, 4.69) is 54.5 Å². The molecular formula is C47H74O19. The zero-order valence-electron chi connectivity index (χ0n) is 39.0. The first-order chi connectivity index (χ1) is 30.7. The zero-order valence-corrected chi connectivity index (χ0v) is 39.0. The van der Waals surface area contributed by atoms with Crippen LogP contribution >= 0.6 is 0 Å². The van der Waals surface area contributed by atoms with Crippen LogP contribution in [0.2, 0.25) is 0 Å². The molecular weight excluding hydrogens is 868 g/mol. The number of carboxylic acid groups (broad SMARTS) is 1. The van der Waals surface area contributed by atoms with Crippen molar-refractivity contribution >= 4 is 11.9 Å². The summed E-state index contributed by atoms with van der Waals surface area (Å²) in [6.45, 7) is 14.3. The Morgan fingerprint density at radius 1 is 0.712 bits per heavy atom. The summed E-state index contributed by atoms with van der Waals surface area (Å²) in [4.78, 5) is 26.9. The first-order valence-electron chi connectivity index (χ1n) is 23.8. The van der Waals surface area contributed by atoms with Gasteiger partial charge in [-0.2, -0.15) is 0 Å². The minimum absolute atomic E-state index is 0.0338. The Kier molecular flexibility index (Phi) is 13.3. The van der Waals surface area contributed by atoms with Gasteiger partial charge in [0.1, 0.15) is 66.5 Å². The molecule has 7 fully saturated rings. The average molecular weight is 943 g/mol. The van der Waals surface area contributed by atoms with Crippen molar-refractivity contribution in [2.45, 2.75) is 204 Å². The number of aliphatic carboxylic acids is 1. The molecule has 0 aromatic heterocycles. The summed E-state index contributed by atoms with van der Waals surface area (Å²) in [5.41, 5.74) is -2.16. The highest BCUT2D eigenvalue weighted by Crippen LogP contribution is 2.76. The lowest BCUT2D eigenvalue weighted by Crippen LogP contribution is -2.68. The van der Waals surface area contributed by atoms with Gasteiger partial charge in [-0.15, -0.1) is 0 Å². The Morgan fingerprint density at radius 3 is 2.06 bits per heavy atom. The molecule has 23 atom stereocenters. The lowest BCUT2D eigenvalue weighted by molar-refractivity contribution is -0.374. The van der Waals surface area contributed by atoms with E-state index in [1.807, 2.05) is 0 Å². The first kappa shape index (κ1) is 50.5. The maximum Gasteiger partial charge on any atom is 0.335 e. The summed E-state index contributed by atoms with van der Waals surface area (Å²) < 4.78 is 35.4. The Labute approximate surface area is 385 Å². The Balaban J connectivity index is 1.06. The van der Waals surface area contributed by atoms with E-state index in [-0.39, 0.29) is 47.0 Å². The normalized spacial score (nSPS) is 53.2. The molecule has 19 nitrogen and oxygen atoms in total. The Morgan fingerprint density at radius 2 is 1.39 bits per heavy atom. The molecule has 0 spiro atoms. The second-order valence-electron chi connectivity index (χ2n) is 23.2. The molecule has 3 saturated heterocycles. The fraction of sp³-hybridized carbons (Fsp3) is 0.915. The fourth-order valence-electron chi connectivity index (χ4n) is 14.8. The predicted molar refractivity (Wildman–Crippen MR) is 226 cm³/mol. The zero-order chi connectivity index (χ0) is 48.4. The van der Waals surface area contributed by atoms with E-state index < -0.39 is 133 Å². The SMILES string of the molecule is CC1(C)CC[C@]2(C(=O)O[C@H]3OC[C@@H](O)[C@H](O)[C@H]3O)[C@H](O)C[C@]3(C)C(=CC[C@@H]4[C@@]5(C)CC[C@H](O[C@@H]6O[C@H](C(=O)O)[C@@H](O)[C@H](O)[C@H]6O[C@@H]6O[C@H](CO)[C@H](O)[C@H](O)[C@H]6O)C(C)(C)[C@@H]5CC[C@]43C)[C@@H]2C1. The standard InChI is InChI=1S/C47H74O19/c1-42(2)14-15-47(41(60)66-38-33(56)28(51)22(49)19-61-38)21(16-42)20-8-9-25-44(5)12-11-27(43(3,4)24(44)10-13-45(25,6)46(20,7)17-26(47)50)63-40-36(32(55)31(54)35(64-40)37(58)59)65-39-34(57)30(53)29(52)23(18-48)62-39/h8,21-36,38-40,48-57H,9-19H2,1-7H3,(H,58,59)/t21-,22+,23+,24-,25+,26+,27-,28-,29-,30-,31-,32-,33+,34+,35-,36+,38+,39-,40+,44-,45+,46+,47+/m0/s1. The topological polar surface area (TPSA) is 312 Å². The van der Waals surface area contributed by atoms with Gasteiger partial charge < -0.3 is 84.6 Å². The number of aliphatic hydroxyl groups is 10. The molecule has 0 unspecified atom stereocenters. The van der Waals surface area contributed by atoms with Crippen LogP contribution in [-0.4, -0.2) is 180 Å². The van der Waals surface area contributed by atoms with Gasteiger partial charge in [-0.25, -0.2) is 4.79 Å². The van der Waals surface area contributed by atoms with Crippen LogP contribution in [0.15, 0.2) is 11.6 Å². The molecule has 66 heavy (non-hydrogen) atoms. The van der Waals surface area contributed by atoms with E-state index in [9.17, 15) is 65.8 Å². The van der Waals surface area contributed by atoms with Crippen LogP contribution in [-0.2, 0) is 38.0 Å². The Hall–Kier alpha value is -1.92. The third-order valence-corrected chi connectivity index (χ3v) is 18.9. The molecule has 0 aromatic carbocycles. The van der Waals surface area contributed by atoms with Crippen LogP contribution in [0.1, 0.15) is 106 Å². The maximum atomic E-state index is 14.6. The van der Waals surface area contributed by atoms with Crippen molar-refractivity contribution in [3.63, 3.8) is 0 Å². The summed E-state index contributed by atoms with van der Waals surface area (Å²) in [5.74, 6) is -2.49. The molecule has 3 aliphatic heterocycles. The molecule has 0 bridgehead atoms. The molecule has 3 heterocycles. The van der Waals surface area contributed by atoms with Crippen LogP contribution < -0.4 is 0 Å². The van der Waals surface area contributed by atoms with Crippen molar-refractivity contribution in [1.82, 2.24) is 0 Å². The van der Waals surface area contributed by atoms with E-state index in [1.54, 1.807) is 0 Å². The lowest BCUT2D eigenvalue weighted by atomic mass is 9.33. The highest BCUT2D eigenvalue weighted by Gasteiger charge is 2.72. The number of ether oxygens (including phenoxy) is 6. The summed E-state index contributed by atoms with van der Waals surface area (Å²) in [5, 5.41) is 117. The third kappa shape index (κ3) is 7.64. The molecule has 5 aliphatic carbocycles. The molecule has 0 amide bonds. The van der Waals surface area contributed by atoms with Crippen LogP contribution in [0.25, 0.3) is 0 Å². The number of allylic oxidation sites excluding steroid dienone is 2. The molecule has 19 heteroatoms. The van der Waals surface area contributed by atoms with Gasteiger partial charge in [-0.3, -0.25) is 4.79 Å². The van der Waals surface area contributed by atoms with Gasteiger partial charge in [0.15, 0.2) is 18.7 Å². The molecule has 0 aromatic rings. The third-order valence-electron chi connectivity index (χ3n) is 18.9. The monoisotopic (exact) mass is 942 g/mol. The van der Waals surface area contributed by atoms with E-state index in [1.165, 1.54) is 0 Å². The number of hydrogen-bond acceptors (Lipinski definition) is 18.